The first kappa shape index (κ1) is 31.1. The molecule has 0 aromatic heterocycles. The Balaban J connectivity index is 1.27. The molecule has 1 saturated heterocycles. The number of rotatable bonds is 9. The van der Waals surface area contributed by atoms with Gasteiger partial charge in [0.05, 0.1) is 5.56 Å². The van der Waals surface area contributed by atoms with Gasteiger partial charge in [0.1, 0.15) is 18.5 Å². The lowest BCUT2D eigenvalue weighted by molar-refractivity contribution is -0.142. The van der Waals surface area contributed by atoms with E-state index in [4.69, 9.17) is 5.73 Å². The number of carbonyl (C=O) groups is 3. The number of halogens is 2. The molecule has 43 heavy (non-hydrogen) atoms. The summed E-state index contributed by atoms with van der Waals surface area (Å²) in [6, 6.07) is 12.3. The Morgan fingerprint density at radius 2 is 1.65 bits per heavy atom. The summed E-state index contributed by atoms with van der Waals surface area (Å²) in [5, 5.41) is 5.60. The molecule has 0 radical (unpaired) electrons. The number of nitrogens with one attached hydrogen (secondary N) is 2. The Morgan fingerprint density at radius 1 is 0.930 bits per heavy atom. The van der Waals surface area contributed by atoms with Crippen LogP contribution in [0.4, 0.5) is 14.5 Å². The maximum absolute atomic E-state index is 15.1. The van der Waals surface area contributed by atoms with Crippen molar-refractivity contribution in [2.75, 3.05) is 18.5 Å². The molecule has 3 amide bonds. The van der Waals surface area contributed by atoms with E-state index in [-0.39, 0.29) is 47.4 Å². The predicted octanol–water partition coefficient (Wildman–Crippen LogP) is 5.59. The molecule has 9 heteroatoms. The molecule has 4 N–H and O–H groups in total. The highest BCUT2D eigenvalue weighted by Crippen LogP contribution is 2.41. The van der Waals surface area contributed by atoms with E-state index in [0.717, 1.165) is 37.7 Å². The molecule has 3 atom stereocenters. The predicted molar refractivity (Wildman–Crippen MR) is 162 cm³/mol. The summed E-state index contributed by atoms with van der Waals surface area (Å²) in [4.78, 5) is 42.1. The highest BCUT2D eigenvalue weighted by atomic mass is 19.1. The van der Waals surface area contributed by atoms with Gasteiger partial charge in [-0.15, -0.1) is 0 Å². The van der Waals surface area contributed by atoms with Gasteiger partial charge in [-0.3, -0.25) is 14.4 Å². The first-order valence-corrected chi connectivity index (χ1v) is 15.9. The van der Waals surface area contributed by atoms with Crippen LogP contribution in [-0.2, 0) is 16.1 Å². The monoisotopic (exact) mass is 594 g/mol. The second kappa shape index (κ2) is 14.4. The summed E-state index contributed by atoms with van der Waals surface area (Å²) >= 11 is 0. The fourth-order valence-electron chi connectivity index (χ4n) is 7.48. The number of likely N-dealkylation sites (tertiary alicyclic amines) is 1. The smallest absolute Gasteiger partial charge is 0.254 e. The minimum absolute atomic E-state index is 0.0117. The molecule has 2 aromatic rings. The molecule has 2 saturated carbocycles. The molecule has 232 valence electrons. The first-order valence-electron chi connectivity index (χ1n) is 15.9. The number of nitrogens with zero attached hydrogens (tertiary/aromatic N) is 1. The normalized spacial score (nSPS) is 25.2. The van der Waals surface area contributed by atoms with Gasteiger partial charge in [0.2, 0.25) is 11.8 Å². The minimum atomic E-state index is -0.727. The summed E-state index contributed by atoms with van der Waals surface area (Å²) in [7, 11) is 0. The number of hydrogen-bond donors (Lipinski definition) is 3. The molecule has 5 rings (SSSR count). The number of alkyl halides is 1. The van der Waals surface area contributed by atoms with Gasteiger partial charge < -0.3 is 21.3 Å². The largest absolute Gasteiger partial charge is 0.348 e. The third kappa shape index (κ3) is 7.43. The quantitative estimate of drug-likeness (QED) is 0.352. The van der Waals surface area contributed by atoms with Gasteiger partial charge >= 0.3 is 0 Å². The SMILES string of the molecule is N[C@H](CF)C1CCC(C(=O)N2CC[C@@H](C3CCCCC3)[C@H]2C(=O)Nc2ccc(C(=O)NCc3ccccc3)c(F)c2)CC1. The van der Waals surface area contributed by atoms with Crippen LogP contribution < -0.4 is 16.4 Å². The number of benzene rings is 2. The zero-order chi connectivity index (χ0) is 30.3. The fourth-order valence-corrected chi connectivity index (χ4v) is 7.48. The van der Waals surface area contributed by atoms with E-state index in [0.29, 0.717) is 38.1 Å². The first-order chi connectivity index (χ1) is 20.9. The summed E-state index contributed by atoms with van der Waals surface area (Å²) in [6.45, 7) is 0.244. The highest BCUT2D eigenvalue weighted by Gasteiger charge is 2.47. The standard InChI is InChI=1S/C34H44F2N4O3/c35-20-30(37)24-11-13-25(14-12-24)34(43)40-18-17-27(23-9-5-2-6-10-23)31(40)33(42)39-26-15-16-28(29(36)19-26)32(41)38-21-22-7-3-1-4-8-22/h1,3-4,7-8,15-16,19,23-25,27,30-31H,2,5-6,9-14,17-18,20-21,37H2,(H,38,41)(H,39,42)/t24?,25?,27-,30+,31-/m0/s1. The number of hydrogen-bond acceptors (Lipinski definition) is 4. The van der Waals surface area contributed by atoms with Crippen molar-refractivity contribution >= 4 is 23.4 Å². The topological polar surface area (TPSA) is 105 Å². The molecule has 0 unspecified atom stereocenters. The van der Waals surface area contributed by atoms with Gasteiger partial charge in [-0.05, 0) is 73.6 Å². The lowest BCUT2D eigenvalue weighted by Crippen LogP contribution is -2.50. The average Bonchev–Trinajstić information content (AvgIpc) is 3.49. The van der Waals surface area contributed by atoms with Crippen molar-refractivity contribution in [1.29, 1.82) is 0 Å². The molecule has 2 aromatic carbocycles. The summed E-state index contributed by atoms with van der Waals surface area (Å²) in [5.74, 6) is -1.28. The Bertz CT molecular complexity index is 1260. The zero-order valence-electron chi connectivity index (χ0n) is 24.8. The van der Waals surface area contributed by atoms with Crippen LogP contribution >= 0.6 is 0 Å². The van der Waals surface area contributed by atoms with Crippen molar-refractivity contribution in [2.45, 2.75) is 82.8 Å². The van der Waals surface area contributed by atoms with Crippen LogP contribution in [0.3, 0.4) is 0 Å². The van der Waals surface area contributed by atoms with Crippen molar-refractivity contribution in [3.63, 3.8) is 0 Å². The molecule has 0 spiro atoms. The van der Waals surface area contributed by atoms with Gasteiger partial charge in [-0.1, -0.05) is 62.4 Å². The molecular weight excluding hydrogens is 550 g/mol. The molecule has 1 heterocycles. The van der Waals surface area contributed by atoms with E-state index in [1.165, 1.54) is 24.6 Å². The van der Waals surface area contributed by atoms with Crippen LogP contribution in [0.25, 0.3) is 0 Å². The average molecular weight is 595 g/mol. The van der Waals surface area contributed by atoms with Crippen LogP contribution in [0, 0.1) is 29.5 Å². The highest BCUT2D eigenvalue weighted by molar-refractivity contribution is 5.99. The Labute approximate surface area is 253 Å². The lowest BCUT2D eigenvalue weighted by Gasteiger charge is -2.36. The van der Waals surface area contributed by atoms with Crippen LogP contribution in [-0.4, -0.2) is 47.9 Å². The minimum Gasteiger partial charge on any atom is -0.348 e. The number of anilines is 1. The molecule has 7 nitrogen and oxygen atoms in total. The van der Waals surface area contributed by atoms with Crippen LogP contribution in [0.1, 0.15) is 80.1 Å². The number of nitrogens with two attached hydrogens (primary N) is 1. The van der Waals surface area contributed by atoms with Gasteiger partial charge in [0.15, 0.2) is 0 Å². The molecule has 2 aliphatic carbocycles. The Hall–Kier alpha value is -3.33. The van der Waals surface area contributed by atoms with Crippen molar-refractivity contribution in [3.05, 3.63) is 65.5 Å². The molecule has 3 fully saturated rings. The second-order valence-electron chi connectivity index (χ2n) is 12.6. The van der Waals surface area contributed by atoms with Crippen molar-refractivity contribution < 1.29 is 23.2 Å². The summed E-state index contributed by atoms with van der Waals surface area (Å²) in [6.07, 6.45) is 9.02. The van der Waals surface area contributed by atoms with E-state index in [2.05, 4.69) is 10.6 Å². The van der Waals surface area contributed by atoms with Crippen LogP contribution in [0.15, 0.2) is 48.5 Å². The van der Waals surface area contributed by atoms with E-state index >= 15 is 4.39 Å². The maximum Gasteiger partial charge on any atom is 0.254 e. The van der Waals surface area contributed by atoms with Gasteiger partial charge in [-0.2, -0.15) is 0 Å². The van der Waals surface area contributed by atoms with E-state index < -0.39 is 30.5 Å². The Morgan fingerprint density at radius 3 is 2.33 bits per heavy atom. The van der Waals surface area contributed by atoms with E-state index in [1.807, 2.05) is 30.3 Å². The second-order valence-corrected chi connectivity index (χ2v) is 12.6. The van der Waals surface area contributed by atoms with E-state index in [9.17, 15) is 18.8 Å². The van der Waals surface area contributed by atoms with Crippen molar-refractivity contribution in [1.82, 2.24) is 10.2 Å². The molecule has 3 aliphatic rings. The molecule has 0 bridgehead atoms. The molecular formula is C34H44F2N4O3. The number of carbonyl (C=O) groups excluding carboxylic acids is 3. The Kier molecular flexibility index (Phi) is 10.4. The summed E-state index contributed by atoms with van der Waals surface area (Å²) < 4.78 is 28.2. The zero-order valence-corrected chi connectivity index (χ0v) is 24.8. The van der Waals surface area contributed by atoms with Crippen LogP contribution in [0.5, 0.6) is 0 Å². The third-order valence-electron chi connectivity index (χ3n) is 9.93. The van der Waals surface area contributed by atoms with Gasteiger partial charge in [0.25, 0.3) is 5.91 Å². The maximum atomic E-state index is 15.1. The van der Waals surface area contributed by atoms with Gasteiger partial charge in [0, 0.05) is 30.7 Å². The third-order valence-corrected chi connectivity index (χ3v) is 9.93. The fraction of sp³-hybridized carbons (Fsp3) is 0.559. The number of amides is 3. The van der Waals surface area contributed by atoms with Crippen LogP contribution in [0.2, 0.25) is 0 Å². The lowest BCUT2D eigenvalue weighted by atomic mass is 9.76. The van der Waals surface area contributed by atoms with E-state index in [1.54, 1.807) is 4.90 Å². The van der Waals surface area contributed by atoms with Gasteiger partial charge in [-0.25, -0.2) is 8.78 Å². The molecule has 1 aliphatic heterocycles. The summed E-state index contributed by atoms with van der Waals surface area (Å²) in [5.41, 5.74) is 6.99. The van der Waals surface area contributed by atoms with Crippen molar-refractivity contribution in [2.24, 2.45) is 29.4 Å². The van der Waals surface area contributed by atoms with Crippen molar-refractivity contribution in [3.8, 4) is 0 Å².